The Kier molecular flexibility index (Phi) is 4.08. The number of pyridine rings is 2. The van der Waals surface area contributed by atoms with Gasteiger partial charge in [0.15, 0.2) is 5.65 Å². The van der Waals surface area contributed by atoms with Crippen molar-refractivity contribution in [1.82, 2.24) is 29.5 Å². The number of fused-ring (bicyclic) bond motifs is 4. The van der Waals surface area contributed by atoms with Crippen molar-refractivity contribution in [1.29, 1.82) is 0 Å². The van der Waals surface area contributed by atoms with Gasteiger partial charge in [0.05, 0.1) is 17.1 Å². The highest BCUT2D eigenvalue weighted by Crippen LogP contribution is 2.57. The summed E-state index contributed by atoms with van der Waals surface area (Å²) in [5.74, 6) is 1.45. The third-order valence-electron chi connectivity index (χ3n) is 8.55. The molecule has 4 aliphatic rings. The molecule has 0 unspecified atom stereocenters. The summed E-state index contributed by atoms with van der Waals surface area (Å²) in [5, 5.41) is 4.32. The Morgan fingerprint density at radius 2 is 1.82 bits per heavy atom. The third-order valence-corrected chi connectivity index (χ3v) is 8.55. The lowest BCUT2D eigenvalue weighted by atomic mass is 9.53. The number of carbonyl (C=O) groups is 1. The molecular weight excluding hydrogens is 426 g/mol. The Morgan fingerprint density at radius 1 is 1.03 bits per heavy atom. The fourth-order valence-corrected chi connectivity index (χ4v) is 6.08. The highest BCUT2D eigenvalue weighted by atomic mass is 16.1. The number of imidazole rings is 1. The molecule has 0 aromatic carbocycles. The fraction of sp³-hybridized carbons (Fsp3) is 0.423. The second-order valence-electron chi connectivity index (χ2n) is 10.4. The summed E-state index contributed by atoms with van der Waals surface area (Å²) in [6.07, 6.45) is 11.3. The van der Waals surface area contributed by atoms with Crippen LogP contribution < -0.4 is 5.73 Å². The number of aromatic nitrogens is 6. The van der Waals surface area contributed by atoms with Crippen LogP contribution in [0.25, 0.3) is 28.3 Å². The van der Waals surface area contributed by atoms with Gasteiger partial charge < -0.3 is 10.7 Å². The summed E-state index contributed by atoms with van der Waals surface area (Å²) >= 11 is 0. The molecule has 8 rings (SSSR count). The Hall–Kier alpha value is -3.55. The average Bonchev–Trinajstić information content (AvgIpc) is 3.45. The van der Waals surface area contributed by atoms with Gasteiger partial charge in [0, 0.05) is 34.2 Å². The first-order valence-electron chi connectivity index (χ1n) is 12.2. The lowest BCUT2D eigenvalue weighted by Crippen LogP contribution is -2.50. The lowest BCUT2D eigenvalue weighted by molar-refractivity contribution is -0.134. The zero-order valence-electron chi connectivity index (χ0n) is 19.0. The second-order valence-corrected chi connectivity index (χ2v) is 10.4. The van der Waals surface area contributed by atoms with E-state index in [0.717, 1.165) is 78.3 Å². The van der Waals surface area contributed by atoms with Gasteiger partial charge in [-0.1, -0.05) is 6.07 Å². The molecule has 4 heterocycles. The van der Waals surface area contributed by atoms with E-state index in [9.17, 15) is 4.79 Å². The minimum atomic E-state index is -0.321. The van der Waals surface area contributed by atoms with Crippen molar-refractivity contribution in [3.05, 3.63) is 54.4 Å². The van der Waals surface area contributed by atoms with Gasteiger partial charge in [-0.05, 0) is 75.6 Å². The van der Waals surface area contributed by atoms with Crippen LogP contribution in [0.3, 0.4) is 0 Å². The number of hydrogen-bond acceptors (Lipinski definition) is 5. The van der Waals surface area contributed by atoms with E-state index in [1.165, 1.54) is 12.8 Å². The first-order chi connectivity index (χ1) is 16.6. The van der Waals surface area contributed by atoms with Gasteiger partial charge in [-0.3, -0.25) is 9.78 Å². The second kappa shape index (κ2) is 6.98. The van der Waals surface area contributed by atoms with Crippen LogP contribution >= 0.6 is 0 Å². The van der Waals surface area contributed by atoms with Crippen molar-refractivity contribution in [3.8, 4) is 22.6 Å². The van der Waals surface area contributed by atoms with Crippen molar-refractivity contribution in [2.24, 2.45) is 11.1 Å². The van der Waals surface area contributed by atoms with E-state index in [1.807, 2.05) is 12.3 Å². The zero-order valence-corrected chi connectivity index (χ0v) is 19.0. The van der Waals surface area contributed by atoms with E-state index >= 15 is 0 Å². The van der Waals surface area contributed by atoms with E-state index in [-0.39, 0.29) is 16.7 Å². The number of hydrogen-bond donors (Lipinski definition) is 2. The molecule has 0 atom stereocenters. The summed E-state index contributed by atoms with van der Waals surface area (Å²) in [5.41, 5.74) is 11.1. The third kappa shape index (κ3) is 2.94. The molecule has 3 N–H and O–H groups in total. The van der Waals surface area contributed by atoms with Gasteiger partial charge >= 0.3 is 0 Å². The number of carbonyl (C=O) groups excluding carboxylic acids is 1. The minimum Gasteiger partial charge on any atom is -0.369 e. The van der Waals surface area contributed by atoms with E-state index < -0.39 is 0 Å². The number of primary amides is 1. The molecule has 4 aromatic rings. The van der Waals surface area contributed by atoms with Crippen LogP contribution in [0.2, 0.25) is 0 Å². The van der Waals surface area contributed by atoms with E-state index in [0.29, 0.717) is 5.92 Å². The number of amides is 1. The van der Waals surface area contributed by atoms with Gasteiger partial charge in [0.2, 0.25) is 5.91 Å². The maximum Gasteiger partial charge on any atom is 0.223 e. The highest BCUT2D eigenvalue weighted by Gasteiger charge is 2.53. The fourth-order valence-electron chi connectivity index (χ4n) is 6.08. The summed E-state index contributed by atoms with van der Waals surface area (Å²) in [7, 11) is 0. The summed E-state index contributed by atoms with van der Waals surface area (Å²) in [6, 6.07) is 10.3. The zero-order chi connectivity index (χ0) is 22.9. The SMILES string of the molecule is NC(=O)C12CCC(c3nc(-c4ccc5ncnn5c4)c(-c4cccc(C5CC5)n4)[nH]3)(CC1)CC2. The van der Waals surface area contributed by atoms with Crippen LogP contribution in [0.1, 0.15) is 68.8 Å². The molecule has 34 heavy (non-hydrogen) atoms. The van der Waals surface area contributed by atoms with Crippen LogP contribution in [0.4, 0.5) is 0 Å². The molecule has 4 saturated carbocycles. The van der Waals surface area contributed by atoms with Crippen LogP contribution in [-0.2, 0) is 10.2 Å². The molecule has 0 aliphatic heterocycles. The number of nitrogens with zero attached hydrogens (tertiary/aromatic N) is 5. The summed E-state index contributed by atoms with van der Waals surface area (Å²) < 4.78 is 1.78. The van der Waals surface area contributed by atoms with E-state index in [2.05, 4.69) is 39.3 Å². The Morgan fingerprint density at radius 3 is 2.56 bits per heavy atom. The Bertz CT molecular complexity index is 1410. The molecule has 4 fully saturated rings. The largest absolute Gasteiger partial charge is 0.369 e. The van der Waals surface area contributed by atoms with Crippen LogP contribution in [0.5, 0.6) is 0 Å². The molecule has 2 bridgehead atoms. The number of H-pyrrole nitrogens is 1. The van der Waals surface area contributed by atoms with Crippen LogP contribution in [0, 0.1) is 5.41 Å². The molecule has 0 radical (unpaired) electrons. The number of nitrogens with two attached hydrogens (primary N) is 1. The predicted molar refractivity (Wildman–Crippen MR) is 127 cm³/mol. The van der Waals surface area contributed by atoms with Crippen LogP contribution in [-0.4, -0.2) is 35.5 Å². The van der Waals surface area contributed by atoms with Crippen molar-refractivity contribution >= 4 is 11.6 Å². The summed E-state index contributed by atoms with van der Waals surface area (Å²) in [4.78, 5) is 30.4. The van der Waals surface area contributed by atoms with E-state index in [1.54, 1.807) is 10.8 Å². The van der Waals surface area contributed by atoms with Gasteiger partial charge in [-0.25, -0.2) is 14.5 Å². The molecule has 0 saturated heterocycles. The van der Waals surface area contributed by atoms with Crippen molar-refractivity contribution in [3.63, 3.8) is 0 Å². The molecule has 8 nitrogen and oxygen atoms in total. The Balaban J connectivity index is 1.35. The average molecular weight is 454 g/mol. The first-order valence-corrected chi connectivity index (χ1v) is 12.2. The van der Waals surface area contributed by atoms with Crippen molar-refractivity contribution < 1.29 is 4.79 Å². The van der Waals surface area contributed by atoms with Gasteiger partial charge in [-0.15, -0.1) is 0 Å². The number of aromatic amines is 1. The standard InChI is InChI=1S/C26H27N7O/c27-23(34)25-8-11-26(12-9-25,13-10-25)24-31-21(17-6-7-20-28-15-29-33(20)14-17)22(32-24)19-3-1-2-18(30-19)16-4-5-16/h1-3,6-7,14-16H,4-5,8-13H2,(H2,27,34)(H,31,32). The molecule has 4 aliphatic carbocycles. The van der Waals surface area contributed by atoms with Crippen molar-refractivity contribution in [2.45, 2.75) is 62.7 Å². The molecule has 172 valence electrons. The van der Waals surface area contributed by atoms with Crippen molar-refractivity contribution in [2.75, 3.05) is 0 Å². The van der Waals surface area contributed by atoms with Gasteiger partial charge in [0.25, 0.3) is 0 Å². The quantitative estimate of drug-likeness (QED) is 0.471. The lowest BCUT2D eigenvalue weighted by Gasteiger charge is -2.51. The molecule has 0 spiro atoms. The van der Waals surface area contributed by atoms with E-state index in [4.69, 9.17) is 15.7 Å². The van der Waals surface area contributed by atoms with Gasteiger partial charge in [0.1, 0.15) is 12.2 Å². The first kappa shape index (κ1) is 19.9. The monoisotopic (exact) mass is 453 g/mol. The normalized spacial score (nSPS) is 26.2. The minimum absolute atomic E-state index is 0.0460. The predicted octanol–water partition coefficient (Wildman–Crippen LogP) is 4.14. The maximum absolute atomic E-state index is 12.2. The number of nitrogens with one attached hydrogen (secondary N) is 1. The maximum atomic E-state index is 12.2. The topological polar surface area (TPSA) is 115 Å². The molecule has 8 heteroatoms. The van der Waals surface area contributed by atoms with Gasteiger partial charge in [-0.2, -0.15) is 5.10 Å². The Labute approximate surface area is 197 Å². The smallest absolute Gasteiger partial charge is 0.223 e. The van der Waals surface area contributed by atoms with Crippen LogP contribution in [0.15, 0.2) is 42.9 Å². The highest BCUT2D eigenvalue weighted by molar-refractivity contribution is 5.81. The summed E-state index contributed by atoms with van der Waals surface area (Å²) in [6.45, 7) is 0. The molecule has 4 aromatic heterocycles. The number of rotatable bonds is 5. The molecular formula is C26H27N7O. The molecule has 1 amide bonds.